The molecule has 0 saturated carbocycles. The van der Waals surface area contributed by atoms with E-state index in [1.165, 1.54) is 6.07 Å². The zero-order valence-corrected chi connectivity index (χ0v) is 12.3. The lowest BCUT2D eigenvalue weighted by Crippen LogP contribution is -2.17. The monoisotopic (exact) mass is 289 g/mol. The molecule has 0 radical (unpaired) electrons. The summed E-state index contributed by atoms with van der Waals surface area (Å²) in [7, 11) is 1.74. The summed E-state index contributed by atoms with van der Waals surface area (Å²) < 4.78 is 19.7. The van der Waals surface area contributed by atoms with Crippen molar-refractivity contribution < 1.29 is 14.2 Å². The number of nitrogens with one attached hydrogen (secondary N) is 1. The molecule has 112 valence electrons. The predicted octanol–water partition coefficient (Wildman–Crippen LogP) is 2.97. The van der Waals surface area contributed by atoms with Gasteiger partial charge in [-0.2, -0.15) is 0 Å². The van der Waals surface area contributed by atoms with Crippen molar-refractivity contribution in [1.29, 1.82) is 0 Å². The van der Waals surface area contributed by atoms with E-state index < -0.39 is 11.9 Å². The molecule has 0 fully saturated rings. The van der Waals surface area contributed by atoms with Gasteiger partial charge in [-0.25, -0.2) is 4.39 Å². The van der Waals surface area contributed by atoms with Gasteiger partial charge in [0.05, 0.1) is 6.10 Å². The average Bonchev–Trinajstić information content (AvgIpc) is 2.47. The molecular formula is C17H20FNO2. The second kappa shape index (κ2) is 7.20. The van der Waals surface area contributed by atoms with E-state index in [-0.39, 0.29) is 5.75 Å². The molecule has 1 unspecified atom stereocenters. The molecule has 2 aromatic rings. The van der Waals surface area contributed by atoms with Crippen molar-refractivity contribution in [3.8, 4) is 5.75 Å². The van der Waals surface area contributed by atoms with Crippen LogP contribution in [0.5, 0.6) is 5.75 Å². The van der Waals surface area contributed by atoms with Gasteiger partial charge in [-0.15, -0.1) is 0 Å². The Morgan fingerprint density at radius 1 is 1.24 bits per heavy atom. The maximum absolute atomic E-state index is 14.2. The molecule has 1 atom stereocenters. The van der Waals surface area contributed by atoms with Crippen LogP contribution in [0.4, 0.5) is 4.39 Å². The van der Waals surface area contributed by atoms with Gasteiger partial charge in [-0.1, -0.05) is 30.3 Å². The normalized spacial score (nSPS) is 12.2. The highest BCUT2D eigenvalue weighted by Crippen LogP contribution is 2.27. The zero-order chi connectivity index (χ0) is 15.2. The molecule has 0 aromatic heterocycles. The van der Waals surface area contributed by atoms with Crippen LogP contribution in [0.2, 0.25) is 0 Å². The molecule has 0 amide bonds. The van der Waals surface area contributed by atoms with Crippen LogP contribution in [0.15, 0.2) is 42.5 Å². The lowest BCUT2D eigenvalue weighted by atomic mass is 10.1. The van der Waals surface area contributed by atoms with Crippen molar-refractivity contribution in [2.24, 2.45) is 0 Å². The van der Waals surface area contributed by atoms with E-state index in [0.717, 1.165) is 5.56 Å². The molecule has 0 saturated heterocycles. The van der Waals surface area contributed by atoms with Crippen LogP contribution in [0.25, 0.3) is 0 Å². The lowest BCUT2D eigenvalue weighted by Gasteiger charge is -2.15. The predicted molar refractivity (Wildman–Crippen MR) is 80.8 cm³/mol. The molecule has 21 heavy (non-hydrogen) atoms. The number of hydrogen-bond donors (Lipinski definition) is 2. The Morgan fingerprint density at radius 3 is 2.57 bits per heavy atom. The van der Waals surface area contributed by atoms with Gasteiger partial charge < -0.3 is 15.2 Å². The molecule has 2 N–H and O–H groups in total. The molecule has 2 aromatic carbocycles. The van der Waals surface area contributed by atoms with Crippen LogP contribution in [0.1, 0.15) is 22.8 Å². The summed E-state index contributed by atoms with van der Waals surface area (Å²) in [5, 5.41) is 12.8. The van der Waals surface area contributed by atoms with Crippen LogP contribution in [0.3, 0.4) is 0 Å². The van der Waals surface area contributed by atoms with Crippen molar-refractivity contribution in [1.82, 2.24) is 5.32 Å². The largest absolute Gasteiger partial charge is 0.486 e. The fraction of sp³-hybridized carbons (Fsp3) is 0.294. The van der Waals surface area contributed by atoms with E-state index in [1.807, 2.05) is 30.3 Å². The number of hydrogen-bond acceptors (Lipinski definition) is 3. The van der Waals surface area contributed by atoms with E-state index >= 15 is 0 Å². The summed E-state index contributed by atoms with van der Waals surface area (Å²) in [4.78, 5) is 0. The highest BCUT2D eigenvalue weighted by molar-refractivity contribution is 5.39. The third kappa shape index (κ3) is 4.03. The lowest BCUT2D eigenvalue weighted by molar-refractivity contribution is 0.177. The van der Waals surface area contributed by atoms with Gasteiger partial charge in [0.2, 0.25) is 0 Å². The van der Waals surface area contributed by atoms with Gasteiger partial charge in [0, 0.05) is 6.54 Å². The Labute approximate surface area is 124 Å². The molecule has 0 aliphatic carbocycles. The molecule has 0 heterocycles. The minimum Gasteiger partial charge on any atom is -0.486 e. The number of likely N-dealkylation sites (N-methyl/N-ethyl adjacent to an activating group) is 1. The van der Waals surface area contributed by atoms with Crippen LogP contribution in [0, 0.1) is 12.7 Å². The van der Waals surface area contributed by atoms with Gasteiger partial charge >= 0.3 is 0 Å². The summed E-state index contributed by atoms with van der Waals surface area (Å²) in [5.74, 6) is -0.213. The fourth-order valence-corrected chi connectivity index (χ4v) is 2.17. The van der Waals surface area contributed by atoms with E-state index in [2.05, 4.69) is 5.32 Å². The Morgan fingerprint density at radius 2 is 1.95 bits per heavy atom. The Balaban J connectivity index is 2.13. The third-order valence-corrected chi connectivity index (χ3v) is 3.26. The van der Waals surface area contributed by atoms with E-state index in [0.29, 0.717) is 24.3 Å². The van der Waals surface area contributed by atoms with Gasteiger partial charge in [0.25, 0.3) is 0 Å². The van der Waals surface area contributed by atoms with E-state index in [9.17, 15) is 9.50 Å². The van der Waals surface area contributed by atoms with Crippen molar-refractivity contribution in [3.63, 3.8) is 0 Å². The van der Waals surface area contributed by atoms with Crippen LogP contribution in [-0.4, -0.2) is 18.7 Å². The first-order valence-electron chi connectivity index (χ1n) is 6.91. The maximum atomic E-state index is 14.2. The Kier molecular flexibility index (Phi) is 5.31. The number of ether oxygens (including phenoxy) is 1. The maximum Gasteiger partial charge on any atom is 0.165 e. The fourth-order valence-electron chi connectivity index (χ4n) is 2.17. The summed E-state index contributed by atoms with van der Waals surface area (Å²) in [6.07, 6.45) is -0.730. The van der Waals surface area contributed by atoms with Crippen molar-refractivity contribution in [2.75, 3.05) is 13.6 Å². The highest BCUT2D eigenvalue weighted by atomic mass is 19.1. The second-order valence-corrected chi connectivity index (χ2v) is 5.00. The van der Waals surface area contributed by atoms with E-state index in [1.54, 1.807) is 20.0 Å². The smallest absolute Gasteiger partial charge is 0.165 e. The molecule has 3 nitrogen and oxygen atoms in total. The van der Waals surface area contributed by atoms with Crippen LogP contribution >= 0.6 is 0 Å². The summed E-state index contributed by atoms with van der Waals surface area (Å²) in [6, 6.07) is 12.7. The summed E-state index contributed by atoms with van der Waals surface area (Å²) >= 11 is 0. The topological polar surface area (TPSA) is 41.5 Å². The summed E-state index contributed by atoms with van der Waals surface area (Å²) in [6.45, 7) is 2.47. The first-order chi connectivity index (χ1) is 10.1. The minimum atomic E-state index is -0.730. The molecule has 0 aliphatic rings. The number of rotatable bonds is 6. The van der Waals surface area contributed by atoms with Crippen LogP contribution < -0.4 is 10.1 Å². The zero-order valence-electron chi connectivity index (χ0n) is 12.3. The quantitative estimate of drug-likeness (QED) is 0.859. The van der Waals surface area contributed by atoms with E-state index in [4.69, 9.17) is 4.74 Å². The standard InChI is InChI=1S/C17H20FNO2/c1-12-8-14(16(20)10-19-2)9-15(18)17(12)21-11-13-6-4-3-5-7-13/h3-9,16,19-20H,10-11H2,1-2H3. The minimum absolute atomic E-state index is 0.235. The number of aliphatic hydroxyl groups excluding tert-OH is 1. The molecule has 4 heteroatoms. The van der Waals surface area contributed by atoms with Gasteiger partial charge in [0.15, 0.2) is 11.6 Å². The number of benzene rings is 2. The summed E-state index contributed by atoms with van der Waals surface area (Å²) in [5.41, 5.74) is 2.21. The molecular weight excluding hydrogens is 269 g/mol. The van der Waals surface area contributed by atoms with Gasteiger partial charge in [-0.3, -0.25) is 0 Å². The van der Waals surface area contributed by atoms with Crippen molar-refractivity contribution in [3.05, 3.63) is 65.0 Å². The van der Waals surface area contributed by atoms with Gasteiger partial charge in [-0.05, 0) is 42.8 Å². The Bertz CT molecular complexity index is 564. The van der Waals surface area contributed by atoms with Gasteiger partial charge in [0.1, 0.15) is 6.61 Å². The molecule has 0 aliphatic heterocycles. The second-order valence-electron chi connectivity index (χ2n) is 5.00. The number of aliphatic hydroxyl groups is 1. The SMILES string of the molecule is CNCC(O)c1cc(C)c(OCc2ccccc2)c(F)c1. The van der Waals surface area contributed by atoms with Crippen molar-refractivity contribution in [2.45, 2.75) is 19.6 Å². The molecule has 2 rings (SSSR count). The molecule has 0 spiro atoms. The number of halogens is 1. The first kappa shape index (κ1) is 15.5. The van der Waals surface area contributed by atoms with Crippen molar-refractivity contribution >= 4 is 0 Å². The van der Waals surface area contributed by atoms with Crippen LogP contribution in [-0.2, 0) is 6.61 Å². The first-order valence-corrected chi connectivity index (χ1v) is 6.91. The average molecular weight is 289 g/mol. The number of aryl methyl sites for hydroxylation is 1. The third-order valence-electron chi connectivity index (χ3n) is 3.26. The Hall–Kier alpha value is -1.91. The molecule has 0 bridgehead atoms. The highest BCUT2D eigenvalue weighted by Gasteiger charge is 2.14.